The quantitative estimate of drug-likeness (QED) is 0.867. The van der Waals surface area contributed by atoms with Crippen molar-refractivity contribution in [3.05, 3.63) is 24.0 Å². The first kappa shape index (κ1) is 16.2. The monoisotopic (exact) mass is 277 g/mol. The van der Waals surface area contributed by atoms with Crippen molar-refractivity contribution in [2.24, 2.45) is 5.92 Å². The highest BCUT2D eigenvalue weighted by atomic mass is 35.5. The summed E-state index contributed by atoms with van der Waals surface area (Å²) in [5.41, 5.74) is 1.75. The molecule has 2 rings (SSSR count). The van der Waals surface area contributed by atoms with Gasteiger partial charge in [-0.2, -0.15) is 0 Å². The van der Waals surface area contributed by atoms with Crippen LogP contribution in [0, 0.1) is 12.8 Å². The van der Waals surface area contributed by atoms with E-state index in [-0.39, 0.29) is 36.6 Å². The van der Waals surface area contributed by atoms with Crippen LogP contribution in [0.25, 0.3) is 0 Å². The summed E-state index contributed by atoms with van der Waals surface area (Å²) in [6.45, 7) is 3.64. The number of nitrogens with zero attached hydrogens (tertiary/aromatic N) is 1. The van der Waals surface area contributed by atoms with Crippen LogP contribution >= 0.6 is 24.8 Å². The maximum Gasteiger partial charge on any atom is 0.228 e. The molecule has 0 aliphatic carbocycles. The molecule has 2 heterocycles. The van der Waals surface area contributed by atoms with Gasteiger partial charge in [0.15, 0.2) is 0 Å². The number of aromatic nitrogens is 1. The van der Waals surface area contributed by atoms with Gasteiger partial charge in [-0.15, -0.1) is 24.8 Å². The van der Waals surface area contributed by atoms with Crippen LogP contribution in [0.1, 0.15) is 12.1 Å². The van der Waals surface area contributed by atoms with Gasteiger partial charge in [0.05, 0.1) is 5.92 Å². The molecule has 0 saturated carbocycles. The Balaban J connectivity index is 0.00000128. The van der Waals surface area contributed by atoms with Crippen LogP contribution < -0.4 is 10.6 Å². The van der Waals surface area contributed by atoms with Gasteiger partial charge >= 0.3 is 0 Å². The molecular formula is C11H17Cl2N3O. The van der Waals surface area contributed by atoms with E-state index in [1.54, 1.807) is 6.20 Å². The van der Waals surface area contributed by atoms with Crippen molar-refractivity contribution in [2.45, 2.75) is 13.3 Å². The number of anilines is 1. The fourth-order valence-corrected chi connectivity index (χ4v) is 1.75. The van der Waals surface area contributed by atoms with Crippen molar-refractivity contribution < 1.29 is 4.79 Å². The topological polar surface area (TPSA) is 54.0 Å². The molecule has 1 aromatic heterocycles. The summed E-state index contributed by atoms with van der Waals surface area (Å²) in [5, 5.41) is 6.08. The van der Waals surface area contributed by atoms with Crippen molar-refractivity contribution in [2.75, 3.05) is 18.4 Å². The molecule has 1 unspecified atom stereocenters. The zero-order valence-corrected chi connectivity index (χ0v) is 11.2. The van der Waals surface area contributed by atoms with Gasteiger partial charge in [0.1, 0.15) is 0 Å². The molecule has 17 heavy (non-hydrogen) atoms. The van der Waals surface area contributed by atoms with E-state index in [9.17, 15) is 4.79 Å². The molecule has 0 aromatic carbocycles. The Morgan fingerprint density at radius 1 is 1.53 bits per heavy atom. The summed E-state index contributed by atoms with van der Waals surface area (Å²) in [6, 6.07) is 3.69. The molecule has 4 nitrogen and oxygen atoms in total. The molecule has 1 amide bonds. The first-order chi connectivity index (χ1) is 7.25. The third-order valence-electron chi connectivity index (χ3n) is 2.60. The highest BCUT2D eigenvalue weighted by Gasteiger charge is 2.22. The second kappa shape index (κ2) is 7.48. The first-order valence-electron chi connectivity index (χ1n) is 5.20. The molecular weight excluding hydrogens is 261 g/mol. The van der Waals surface area contributed by atoms with Crippen molar-refractivity contribution in [1.82, 2.24) is 10.3 Å². The van der Waals surface area contributed by atoms with Gasteiger partial charge in [0, 0.05) is 24.1 Å². The molecule has 1 aromatic rings. The van der Waals surface area contributed by atoms with E-state index in [1.165, 1.54) is 0 Å². The van der Waals surface area contributed by atoms with Crippen LogP contribution in [0.3, 0.4) is 0 Å². The second-order valence-corrected chi connectivity index (χ2v) is 3.86. The largest absolute Gasteiger partial charge is 0.326 e. The Morgan fingerprint density at radius 3 is 2.88 bits per heavy atom. The predicted octanol–water partition coefficient (Wildman–Crippen LogP) is 1.78. The lowest BCUT2D eigenvalue weighted by Gasteiger charge is -2.09. The lowest BCUT2D eigenvalue weighted by Crippen LogP contribution is -2.24. The van der Waals surface area contributed by atoms with Crippen LogP contribution in [0.5, 0.6) is 0 Å². The summed E-state index contributed by atoms with van der Waals surface area (Å²) in [5.74, 6) is 0.212. The maximum atomic E-state index is 11.8. The minimum Gasteiger partial charge on any atom is -0.326 e. The Hall–Kier alpha value is -0.840. The molecule has 2 N–H and O–H groups in total. The average molecular weight is 278 g/mol. The highest BCUT2D eigenvalue weighted by Crippen LogP contribution is 2.13. The summed E-state index contributed by atoms with van der Waals surface area (Å²) in [6.07, 6.45) is 2.63. The lowest BCUT2D eigenvalue weighted by molar-refractivity contribution is -0.119. The number of carbonyl (C=O) groups is 1. The third-order valence-corrected chi connectivity index (χ3v) is 2.60. The summed E-state index contributed by atoms with van der Waals surface area (Å²) in [7, 11) is 0. The number of pyridine rings is 1. The van der Waals surface area contributed by atoms with Gasteiger partial charge in [0.25, 0.3) is 0 Å². The second-order valence-electron chi connectivity index (χ2n) is 3.86. The van der Waals surface area contributed by atoms with Gasteiger partial charge in [-0.1, -0.05) is 0 Å². The molecule has 96 valence electrons. The number of amides is 1. The SMILES string of the molecule is Cc1cc(NC(=O)C2CCNC2)ccn1.Cl.Cl. The normalized spacial score (nSPS) is 17.8. The summed E-state index contributed by atoms with van der Waals surface area (Å²) in [4.78, 5) is 15.8. The lowest BCUT2D eigenvalue weighted by atomic mass is 10.1. The minimum absolute atomic E-state index is 0. The fraction of sp³-hybridized carbons (Fsp3) is 0.455. The van der Waals surface area contributed by atoms with Gasteiger partial charge in [-0.25, -0.2) is 0 Å². The van der Waals surface area contributed by atoms with Gasteiger partial charge in [0.2, 0.25) is 5.91 Å². The first-order valence-corrected chi connectivity index (χ1v) is 5.20. The van der Waals surface area contributed by atoms with Crippen LogP contribution in [0.4, 0.5) is 5.69 Å². The Morgan fingerprint density at radius 2 is 2.29 bits per heavy atom. The summed E-state index contributed by atoms with van der Waals surface area (Å²) >= 11 is 0. The van der Waals surface area contributed by atoms with Crippen molar-refractivity contribution >= 4 is 36.4 Å². The Labute approximate surface area is 113 Å². The standard InChI is InChI=1S/C11H15N3O.2ClH/c1-8-6-10(3-5-13-8)14-11(15)9-2-4-12-7-9;;/h3,5-6,9,12H,2,4,7H2,1H3,(H,13,14,15);2*1H. The minimum atomic E-state index is 0. The average Bonchev–Trinajstić information content (AvgIpc) is 2.70. The Kier molecular flexibility index (Phi) is 7.11. The number of nitrogens with one attached hydrogen (secondary N) is 2. The molecule has 1 atom stereocenters. The van der Waals surface area contributed by atoms with E-state index in [1.807, 2.05) is 19.1 Å². The van der Waals surface area contributed by atoms with Gasteiger partial charge < -0.3 is 10.6 Å². The number of rotatable bonds is 2. The van der Waals surface area contributed by atoms with Crippen molar-refractivity contribution in [1.29, 1.82) is 0 Å². The fourth-order valence-electron chi connectivity index (χ4n) is 1.75. The zero-order chi connectivity index (χ0) is 10.7. The smallest absolute Gasteiger partial charge is 0.228 e. The molecule has 0 spiro atoms. The molecule has 1 aliphatic rings. The van der Waals surface area contributed by atoms with Crippen LogP contribution in [0.2, 0.25) is 0 Å². The predicted molar refractivity (Wildman–Crippen MR) is 73.1 cm³/mol. The van der Waals surface area contributed by atoms with E-state index in [0.717, 1.165) is 30.9 Å². The number of aryl methyl sites for hydroxylation is 1. The van der Waals surface area contributed by atoms with Crippen LogP contribution in [-0.2, 0) is 4.79 Å². The van der Waals surface area contributed by atoms with E-state index in [4.69, 9.17) is 0 Å². The van der Waals surface area contributed by atoms with E-state index in [2.05, 4.69) is 15.6 Å². The van der Waals surface area contributed by atoms with E-state index >= 15 is 0 Å². The highest BCUT2D eigenvalue weighted by molar-refractivity contribution is 5.92. The number of hydrogen-bond acceptors (Lipinski definition) is 3. The molecule has 6 heteroatoms. The number of halogens is 2. The van der Waals surface area contributed by atoms with E-state index < -0.39 is 0 Å². The van der Waals surface area contributed by atoms with Crippen LogP contribution in [-0.4, -0.2) is 24.0 Å². The zero-order valence-electron chi connectivity index (χ0n) is 9.60. The van der Waals surface area contributed by atoms with E-state index in [0.29, 0.717) is 0 Å². The van der Waals surface area contributed by atoms with Crippen LogP contribution in [0.15, 0.2) is 18.3 Å². The van der Waals surface area contributed by atoms with Gasteiger partial charge in [-0.05, 0) is 32.0 Å². The Bertz CT molecular complexity index is 367. The maximum absolute atomic E-state index is 11.8. The molecule has 0 radical (unpaired) electrons. The third kappa shape index (κ3) is 4.50. The number of carbonyl (C=O) groups excluding carboxylic acids is 1. The molecule has 1 fully saturated rings. The molecule has 1 aliphatic heterocycles. The molecule has 1 saturated heterocycles. The van der Waals surface area contributed by atoms with Crippen molar-refractivity contribution in [3.63, 3.8) is 0 Å². The number of hydrogen-bond donors (Lipinski definition) is 2. The molecule has 0 bridgehead atoms. The van der Waals surface area contributed by atoms with Gasteiger partial charge in [-0.3, -0.25) is 9.78 Å². The van der Waals surface area contributed by atoms with Crippen molar-refractivity contribution in [3.8, 4) is 0 Å². The summed E-state index contributed by atoms with van der Waals surface area (Å²) < 4.78 is 0.